The smallest absolute Gasteiger partial charge is 0.244 e. The van der Waals surface area contributed by atoms with Crippen LogP contribution in [0.15, 0.2) is 72.8 Å². The van der Waals surface area contributed by atoms with Gasteiger partial charge in [0.05, 0.1) is 11.9 Å². The summed E-state index contributed by atoms with van der Waals surface area (Å²) in [6.07, 6.45) is 1.32. The second-order valence-corrected chi connectivity index (χ2v) is 12.4. The van der Waals surface area contributed by atoms with Crippen molar-refractivity contribution in [2.75, 3.05) is 17.1 Å². The molecule has 7 nitrogen and oxygen atoms in total. The lowest BCUT2D eigenvalue weighted by Crippen LogP contribution is -2.54. The average molecular weight is 570 g/mol. The van der Waals surface area contributed by atoms with E-state index in [1.165, 1.54) is 11.0 Å². The number of hydrogen-bond donors (Lipinski definition) is 1. The quantitative estimate of drug-likeness (QED) is 0.356. The summed E-state index contributed by atoms with van der Waals surface area (Å²) in [6.45, 7) is 7.08. The molecule has 0 radical (unpaired) electrons. The molecule has 208 valence electrons. The van der Waals surface area contributed by atoms with Gasteiger partial charge in [-0.15, -0.1) is 0 Å². The largest absolute Gasteiger partial charge is 0.352 e. The Bertz CT molecular complexity index is 1410. The van der Waals surface area contributed by atoms with E-state index in [0.717, 1.165) is 27.3 Å². The summed E-state index contributed by atoms with van der Waals surface area (Å²) in [6, 6.07) is 21.0. The summed E-state index contributed by atoms with van der Waals surface area (Å²) in [5.74, 6) is -0.802. The molecule has 0 saturated carbocycles. The fourth-order valence-corrected chi connectivity index (χ4v) is 5.42. The number of sulfonamides is 1. The molecule has 3 rings (SSSR count). The normalized spacial score (nSPS) is 12.2. The van der Waals surface area contributed by atoms with E-state index in [9.17, 15) is 18.0 Å². The van der Waals surface area contributed by atoms with Crippen LogP contribution in [0.2, 0.25) is 5.02 Å². The topological polar surface area (TPSA) is 86.8 Å². The fourth-order valence-electron chi connectivity index (χ4n) is 4.35. The van der Waals surface area contributed by atoms with Gasteiger partial charge in [0.1, 0.15) is 12.6 Å². The molecule has 1 atom stereocenters. The van der Waals surface area contributed by atoms with Crippen molar-refractivity contribution in [2.45, 2.75) is 52.7 Å². The molecule has 0 aliphatic heterocycles. The maximum Gasteiger partial charge on any atom is 0.244 e. The van der Waals surface area contributed by atoms with Gasteiger partial charge in [-0.05, 0) is 62.1 Å². The first-order valence-electron chi connectivity index (χ1n) is 12.8. The maximum atomic E-state index is 14.1. The Kier molecular flexibility index (Phi) is 10.2. The van der Waals surface area contributed by atoms with Crippen LogP contribution in [0.5, 0.6) is 0 Å². The lowest BCUT2D eigenvalue weighted by molar-refractivity contribution is -0.140. The molecule has 0 saturated heterocycles. The number of hydrogen-bond acceptors (Lipinski definition) is 4. The standard InChI is InChI=1S/C30H36ClN3O4S/c1-21(2)32-30(36)28(17-24-12-7-6-8-13-24)33(19-25-14-10-9-11-22(25)3)29(35)20-34(39(5,37)38)27-18-26(31)16-15-23(27)4/h6-16,18,21,28H,17,19-20H2,1-5H3,(H,32,36)/t28-/m0/s1. The van der Waals surface area contributed by atoms with Crippen molar-refractivity contribution in [2.24, 2.45) is 0 Å². The van der Waals surface area contributed by atoms with E-state index in [2.05, 4.69) is 5.32 Å². The number of anilines is 1. The predicted octanol–water partition coefficient (Wildman–Crippen LogP) is 4.89. The van der Waals surface area contributed by atoms with Crippen molar-refractivity contribution < 1.29 is 18.0 Å². The predicted molar refractivity (Wildman–Crippen MR) is 157 cm³/mol. The summed E-state index contributed by atoms with van der Waals surface area (Å²) in [4.78, 5) is 29.2. The first-order chi connectivity index (χ1) is 18.4. The van der Waals surface area contributed by atoms with E-state index in [0.29, 0.717) is 16.3 Å². The van der Waals surface area contributed by atoms with Gasteiger partial charge in [0.25, 0.3) is 0 Å². The van der Waals surface area contributed by atoms with Crippen molar-refractivity contribution in [1.29, 1.82) is 0 Å². The molecule has 0 aliphatic carbocycles. The Morgan fingerprint density at radius 2 is 1.56 bits per heavy atom. The maximum absolute atomic E-state index is 14.1. The Morgan fingerprint density at radius 1 is 0.923 bits per heavy atom. The van der Waals surface area contributed by atoms with Crippen molar-refractivity contribution in [3.63, 3.8) is 0 Å². The Hall–Kier alpha value is -3.36. The highest BCUT2D eigenvalue weighted by atomic mass is 35.5. The van der Waals surface area contributed by atoms with Gasteiger partial charge in [-0.25, -0.2) is 8.42 Å². The number of aryl methyl sites for hydroxylation is 2. The van der Waals surface area contributed by atoms with Crippen molar-refractivity contribution in [3.05, 3.63) is 100 Å². The van der Waals surface area contributed by atoms with Crippen LogP contribution in [-0.2, 0) is 32.6 Å². The second-order valence-electron chi connectivity index (χ2n) is 10.0. The van der Waals surface area contributed by atoms with Gasteiger partial charge in [0.2, 0.25) is 21.8 Å². The first-order valence-corrected chi connectivity index (χ1v) is 15.0. The highest BCUT2D eigenvalue weighted by Gasteiger charge is 2.33. The van der Waals surface area contributed by atoms with Crippen molar-refractivity contribution >= 4 is 39.1 Å². The van der Waals surface area contributed by atoms with Crippen LogP contribution in [0, 0.1) is 13.8 Å². The zero-order chi connectivity index (χ0) is 28.7. The van der Waals surface area contributed by atoms with Crippen LogP contribution in [-0.4, -0.2) is 50.0 Å². The molecule has 0 spiro atoms. The van der Waals surface area contributed by atoms with Gasteiger partial charge in [-0.2, -0.15) is 0 Å². The minimum Gasteiger partial charge on any atom is -0.352 e. The SMILES string of the molecule is Cc1ccccc1CN(C(=O)CN(c1cc(Cl)ccc1C)S(C)(=O)=O)[C@@H](Cc1ccccc1)C(=O)NC(C)C. The Balaban J connectivity index is 2.09. The highest BCUT2D eigenvalue weighted by Crippen LogP contribution is 2.27. The second kappa shape index (κ2) is 13.1. The number of amides is 2. The van der Waals surface area contributed by atoms with Crippen LogP contribution in [0.3, 0.4) is 0 Å². The molecule has 3 aromatic rings. The van der Waals surface area contributed by atoms with E-state index in [1.807, 2.05) is 75.4 Å². The summed E-state index contributed by atoms with van der Waals surface area (Å²) < 4.78 is 26.9. The number of carbonyl (C=O) groups is 2. The van der Waals surface area contributed by atoms with Crippen LogP contribution < -0.4 is 9.62 Å². The third-order valence-corrected chi connectivity index (χ3v) is 7.78. The van der Waals surface area contributed by atoms with Crippen molar-refractivity contribution in [1.82, 2.24) is 10.2 Å². The zero-order valence-corrected chi connectivity index (χ0v) is 24.6. The van der Waals surface area contributed by atoms with Gasteiger partial charge in [0.15, 0.2) is 0 Å². The third kappa shape index (κ3) is 8.31. The number of carbonyl (C=O) groups excluding carboxylic acids is 2. The molecule has 3 aromatic carbocycles. The molecule has 2 amide bonds. The lowest BCUT2D eigenvalue weighted by atomic mass is 10.0. The first kappa shape index (κ1) is 30.2. The highest BCUT2D eigenvalue weighted by molar-refractivity contribution is 7.92. The van der Waals surface area contributed by atoms with E-state index in [4.69, 9.17) is 11.6 Å². The van der Waals surface area contributed by atoms with Crippen LogP contribution in [0.25, 0.3) is 0 Å². The molecule has 1 N–H and O–H groups in total. The van der Waals surface area contributed by atoms with Gasteiger partial charge >= 0.3 is 0 Å². The number of halogens is 1. The molecule has 39 heavy (non-hydrogen) atoms. The molecule has 0 fully saturated rings. The molecule has 0 aliphatic rings. The van der Waals surface area contributed by atoms with Crippen LogP contribution in [0.4, 0.5) is 5.69 Å². The number of nitrogens with zero attached hydrogens (tertiary/aromatic N) is 2. The van der Waals surface area contributed by atoms with E-state index >= 15 is 0 Å². The fraction of sp³-hybridized carbons (Fsp3) is 0.333. The number of benzene rings is 3. The van der Waals surface area contributed by atoms with E-state index < -0.39 is 28.5 Å². The Morgan fingerprint density at radius 3 is 2.18 bits per heavy atom. The summed E-state index contributed by atoms with van der Waals surface area (Å²) in [5, 5.41) is 3.30. The molecular weight excluding hydrogens is 534 g/mol. The van der Waals surface area contributed by atoms with E-state index in [-0.39, 0.29) is 24.9 Å². The summed E-state index contributed by atoms with van der Waals surface area (Å²) in [7, 11) is -3.86. The number of nitrogens with one attached hydrogen (secondary N) is 1. The third-order valence-electron chi connectivity index (χ3n) is 6.42. The molecule has 9 heteroatoms. The summed E-state index contributed by atoms with van der Waals surface area (Å²) in [5.41, 5.74) is 3.69. The van der Waals surface area contributed by atoms with E-state index in [1.54, 1.807) is 19.1 Å². The molecule has 0 aromatic heterocycles. The molecular formula is C30H36ClN3O4S. The monoisotopic (exact) mass is 569 g/mol. The molecule has 0 bridgehead atoms. The van der Waals surface area contributed by atoms with Gasteiger partial charge < -0.3 is 10.2 Å². The summed E-state index contributed by atoms with van der Waals surface area (Å²) >= 11 is 6.20. The minimum absolute atomic E-state index is 0.140. The molecule has 0 heterocycles. The van der Waals surface area contributed by atoms with Crippen LogP contribution in [0.1, 0.15) is 36.1 Å². The molecule has 0 unspecified atom stereocenters. The van der Waals surface area contributed by atoms with Crippen LogP contribution >= 0.6 is 11.6 Å². The number of rotatable bonds is 11. The lowest BCUT2D eigenvalue weighted by Gasteiger charge is -2.34. The van der Waals surface area contributed by atoms with Gasteiger partial charge in [-0.1, -0.05) is 72.3 Å². The average Bonchev–Trinajstić information content (AvgIpc) is 2.86. The Labute approximate surface area is 236 Å². The van der Waals surface area contributed by atoms with Gasteiger partial charge in [0, 0.05) is 24.0 Å². The zero-order valence-electron chi connectivity index (χ0n) is 23.0. The minimum atomic E-state index is -3.86. The van der Waals surface area contributed by atoms with Gasteiger partial charge in [-0.3, -0.25) is 13.9 Å². The van der Waals surface area contributed by atoms with Crippen molar-refractivity contribution in [3.8, 4) is 0 Å².